The number of amides is 1. The standard InChI is InChI=1S/C37H33ClF2N8O4S2/c1-21-44-30-19-43-34(46(2)24-9-13-47(14-10-24)25-16-37(39,40)17-25)28(18-41)31(30)36(50)48(21)12-4-5-22-6-7-23(38)15-27(22)26-8-11-42-32-29(20-53-33(26)32)35(49)45-54(3,51)52/h6-8,11,15,19-20,24-25H,9-10,12-14,16-17H2,1-3H3,(H,45,49)/i2D3,24D,25D. The molecule has 12 nitrogen and oxygen atoms in total. The van der Waals surface area contributed by atoms with Crippen LogP contribution < -0.4 is 15.2 Å². The minimum atomic E-state index is -3.84. The van der Waals surface area contributed by atoms with Crippen LogP contribution in [0.1, 0.15) is 59.8 Å². The van der Waals surface area contributed by atoms with Gasteiger partial charge in [0.15, 0.2) is 0 Å². The number of piperidine rings is 1. The van der Waals surface area contributed by atoms with Crippen molar-refractivity contribution in [2.45, 2.75) is 57.1 Å². The van der Waals surface area contributed by atoms with E-state index in [1.54, 1.807) is 31.2 Å². The van der Waals surface area contributed by atoms with Gasteiger partial charge in [0, 0.05) is 83.7 Å². The molecule has 1 saturated carbocycles. The second kappa shape index (κ2) is 14.3. The number of nitrogens with zero attached hydrogens (tertiary/aromatic N) is 7. The summed E-state index contributed by atoms with van der Waals surface area (Å²) in [6, 6.07) is 5.13. The van der Waals surface area contributed by atoms with E-state index in [9.17, 15) is 33.4 Å². The molecule has 0 unspecified atom stereocenters. The number of hydrogen-bond acceptors (Lipinski definition) is 11. The zero-order valence-electron chi connectivity index (χ0n) is 33.7. The molecule has 1 saturated heterocycles. The van der Waals surface area contributed by atoms with Crippen molar-refractivity contribution in [2.24, 2.45) is 0 Å². The maximum absolute atomic E-state index is 14.2. The van der Waals surface area contributed by atoms with E-state index in [0.717, 1.165) is 11.2 Å². The molecule has 1 amide bonds. The number of likely N-dealkylation sites (tertiary alicyclic amines) is 1. The van der Waals surface area contributed by atoms with E-state index in [4.69, 9.17) is 17.1 Å². The summed E-state index contributed by atoms with van der Waals surface area (Å²) >= 11 is 7.58. The zero-order chi connectivity index (χ0) is 42.9. The maximum Gasteiger partial charge on any atom is 0.267 e. The highest BCUT2D eigenvalue weighted by Gasteiger charge is 2.48. The summed E-state index contributed by atoms with van der Waals surface area (Å²) in [5.41, 5.74) is 0.848. The van der Waals surface area contributed by atoms with E-state index in [-0.39, 0.29) is 60.3 Å². The van der Waals surface area contributed by atoms with Gasteiger partial charge in [-0.05, 0) is 44.0 Å². The van der Waals surface area contributed by atoms with Crippen molar-refractivity contribution in [3.8, 4) is 29.0 Å². The van der Waals surface area contributed by atoms with E-state index in [1.807, 2.05) is 10.8 Å². The smallest absolute Gasteiger partial charge is 0.267 e. The minimum Gasteiger partial charge on any atom is -0.355 e. The first-order chi connectivity index (χ1) is 27.5. The summed E-state index contributed by atoms with van der Waals surface area (Å²) in [7, 11) is -3.84. The Morgan fingerprint density at radius 2 is 2.00 bits per heavy atom. The van der Waals surface area contributed by atoms with Crippen LogP contribution in [-0.4, -0.2) is 83.0 Å². The fourth-order valence-electron chi connectivity index (χ4n) is 6.59. The Bertz CT molecular complexity index is 2840. The lowest BCUT2D eigenvalue weighted by Crippen LogP contribution is -2.55. The summed E-state index contributed by atoms with van der Waals surface area (Å²) in [4.78, 5) is 42.2. The van der Waals surface area contributed by atoms with Gasteiger partial charge in [0.25, 0.3) is 17.4 Å². The maximum atomic E-state index is 14.2. The van der Waals surface area contributed by atoms with Gasteiger partial charge in [-0.25, -0.2) is 31.9 Å². The normalized spacial score (nSPS) is 19.1. The summed E-state index contributed by atoms with van der Waals surface area (Å²) in [6.07, 6.45) is 1.83. The molecule has 5 heterocycles. The quantitative estimate of drug-likeness (QED) is 0.214. The molecule has 0 bridgehead atoms. The Hall–Kier alpha value is -5.00. The number of fused-ring (bicyclic) bond motifs is 2. The number of nitrogens with one attached hydrogen (secondary N) is 1. The van der Waals surface area contributed by atoms with Gasteiger partial charge in [-0.1, -0.05) is 23.4 Å². The first kappa shape index (κ1) is 31.4. The number of sulfonamides is 1. The molecular formula is C37H33ClF2N8O4S2. The molecule has 278 valence electrons. The highest BCUT2D eigenvalue weighted by Crippen LogP contribution is 2.42. The number of thiophene rings is 1. The Balaban J connectivity index is 1.23. The van der Waals surface area contributed by atoms with Crippen molar-refractivity contribution in [2.75, 3.05) is 31.2 Å². The van der Waals surface area contributed by atoms with Crippen molar-refractivity contribution in [1.29, 1.82) is 5.26 Å². The molecule has 54 heavy (non-hydrogen) atoms. The minimum absolute atomic E-state index is 0.0145. The number of rotatable bonds is 7. The van der Waals surface area contributed by atoms with E-state index in [0.29, 0.717) is 26.4 Å². The third kappa shape index (κ3) is 7.27. The van der Waals surface area contributed by atoms with Gasteiger partial charge >= 0.3 is 0 Å². The zero-order valence-corrected chi connectivity index (χ0v) is 31.1. The van der Waals surface area contributed by atoms with Gasteiger partial charge in [0.05, 0.1) is 47.1 Å². The van der Waals surface area contributed by atoms with Crippen LogP contribution >= 0.6 is 22.9 Å². The number of nitriles is 1. The van der Waals surface area contributed by atoms with Crippen LogP contribution in [0.4, 0.5) is 14.6 Å². The number of anilines is 1. The summed E-state index contributed by atoms with van der Waals surface area (Å²) in [5.74, 6) is 2.01. The molecule has 2 fully saturated rings. The number of aryl methyl sites for hydroxylation is 1. The molecule has 1 aromatic carbocycles. The van der Waals surface area contributed by atoms with Crippen LogP contribution in [0.25, 0.3) is 32.2 Å². The van der Waals surface area contributed by atoms with Crippen LogP contribution in [0.5, 0.6) is 0 Å². The topological polar surface area (TPSA) is 154 Å². The Morgan fingerprint density at radius 3 is 2.69 bits per heavy atom. The summed E-state index contributed by atoms with van der Waals surface area (Å²) in [6.45, 7) is -1.74. The van der Waals surface area contributed by atoms with Crippen molar-refractivity contribution in [3.05, 3.63) is 79.9 Å². The van der Waals surface area contributed by atoms with E-state index >= 15 is 0 Å². The summed E-state index contributed by atoms with van der Waals surface area (Å²) in [5, 5.41) is 12.1. The Labute approximate surface area is 325 Å². The first-order valence-corrected chi connectivity index (χ1v) is 19.6. The molecule has 2 aliphatic rings. The number of alkyl halides is 2. The van der Waals surface area contributed by atoms with Crippen molar-refractivity contribution >= 4 is 65.8 Å². The number of carbonyl (C=O) groups is 1. The van der Waals surface area contributed by atoms with Crippen LogP contribution in [0.15, 0.2) is 46.8 Å². The lowest BCUT2D eigenvalue weighted by molar-refractivity contribution is -0.127. The van der Waals surface area contributed by atoms with Gasteiger partial charge in [0.2, 0.25) is 10.0 Å². The molecular weight excluding hydrogens is 758 g/mol. The Morgan fingerprint density at radius 1 is 1.24 bits per heavy atom. The largest absolute Gasteiger partial charge is 0.355 e. The van der Waals surface area contributed by atoms with Crippen LogP contribution in [0, 0.1) is 30.1 Å². The second-order valence-electron chi connectivity index (χ2n) is 12.9. The number of aromatic nitrogens is 4. The highest BCUT2D eigenvalue weighted by molar-refractivity contribution is 7.89. The molecule has 7 rings (SSSR count). The van der Waals surface area contributed by atoms with E-state index < -0.39 is 70.6 Å². The van der Waals surface area contributed by atoms with Crippen LogP contribution in [-0.2, 0) is 16.6 Å². The number of carbonyl (C=O) groups excluding carboxylic acids is 1. The molecule has 1 aliphatic carbocycles. The molecule has 1 N–H and O–H groups in total. The van der Waals surface area contributed by atoms with Gasteiger partial charge in [-0.15, -0.1) is 11.3 Å². The summed E-state index contributed by atoms with van der Waals surface area (Å²) < 4.78 is 97.6. The number of benzene rings is 1. The van der Waals surface area contributed by atoms with Crippen molar-refractivity contribution in [1.82, 2.24) is 29.1 Å². The average Bonchev–Trinajstić information content (AvgIpc) is 3.56. The molecule has 17 heteroatoms. The van der Waals surface area contributed by atoms with Gasteiger partial charge in [0.1, 0.15) is 23.3 Å². The second-order valence-corrected chi connectivity index (χ2v) is 16.0. The molecule has 5 aromatic rings. The average molecular weight is 796 g/mol. The number of halogens is 3. The lowest BCUT2D eigenvalue weighted by atomic mass is 9.85. The number of hydrogen-bond donors (Lipinski definition) is 1. The predicted octanol–water partition coefficient (Wildman–Crippen LogP) is 5.34. The molecule has 0 radical (unpaired) electrons. The lowest BCUT2D eigenvalue weighted by Gasteiger charge is -2.46. The van der Waals surface area contributed by atoms with Crippen LogP contribution in [0.2, 0.25) is 5.02 Å². The third-order valence-electron chi connectivity index (χ3n) is 9.23. The highest BCUT2D eigenvalue weighted by atomic mass is 35.5. The first-order valence-electron chi connectivity index (χ1n) is 18.9. The fourth-order valence-corrected chi connectivity index (χ4v) is 8.24. The van der Waals surface area contributed by atoms with Crippen molar-refractivity contribution < 1.29 is 28.8 Å². The van der Waals surface area contributed by atoms with Gasteiger partial charge in [-0.2, -0.15) is 5.26 Å². The SMILES string of the molecule is [2H]C([2H])([2H])N(c1ncc2nc(C)n(CC#Cc3ccc(Cl)cc3-c3ccnc4c(C(=O)NS(C)(=O)=O)csc34)c(=O)c2c1C#N)C1([2H])CCN(C2([2H])CC(F)(F)C2)CC1. The molecule has 4 aromatic heterocycles. The Kier molecular flexibility index (Phi) is 8.33. The monoisotopic (exact) mass is 795 g/mol. The molecule has 0 atom stereocenters. The molecule has 1 aliphatic heterocycles. The fraction of sp³-hybridized carbons (Fsp3) is 0.351. The van der Waals surface area contributed by atoms with Gasteiger partial charge < -0.3 is 4.90 Å². The van der Waals surface area contributed by atoms with Crippen LogP contribution in [0.3, 0.4) is 0 Å². The number of pyridine rings is 2. The third-order valence-corrected chi connectivity index (χ3v) is 11.0. The van der Waals surface area contributed by atoms with E-state index in [1.165, 1.54) is 38.6 Å². The van der Waals surface area contributed by atoms with Gasteiger partial charge in [-0.3, -0.25) is 24.0 Å². The van der Waals surface area contributed by atoms with E-state index in [2.05, 4.69) is 26.8 Å². The predicted molar refractivity (Wildman–Crippen MR) is 203 cm³/mol. The van der Waals surface area contributed by atoms with Crippen molar-refractivity contribution in [3.63, 3.8) is 0 Å². The molecule has 0 spiro atoms.